The number of carbonyl (C=O) groups is 1. The predicted octanol–water partition coefficient (Wildman–Crippen LogP) is 0.325. The molecule has 2 aromatic heterocycles. The molecule has 0 unspecified atom stereocenters. The van der Waals surface area contributed by atoms with Crippen molar-refractivity contribution in [2.45, 2.75) is 18.9 Å². The highest BCUT2D eigenvalue weighted by Crippen LogP contribution is 2.19. The van der Waals surface area contributed by atoms with Crippen LogP contribution in [-0.4, -0.2) is 48.9 Å². The van der Waals surface area contributed by atoms with Crippen molar-refractivity contribution in [1.82, 2.24) is 35.3 Å². The molecule has 3 rings (SSSR count). The van der Waals surface area contributed by atoms with E-state index in [1.54, 1.807) is 17.9 Å². The topological polar surface area (TPSA) is 90.5 Å². The Hall–Kier alpha value is -1.61. The Kier molecular flexibility index (Phi) is 3.62. The first-order valence-electron chi connectivity index (χ1n) is 6.39. The van der Waals surface area contributed by atoms with Gasteiger partial charge in [0.25, 0.3) is 0 Å². The Morgan fingerprint density at radius 3 is 2.75 bits per heavy atom. The number of aryl methyl sites for hydroxylation is 1. The lowest BCUT2D eigenvalue weighted by Crippen LogP contribution is -2.29. The largest absolute Gasteiger partial charge is 0.317 e. The number of nitrogens with one attached hydrogen (secondary N) is 1. The molecule has 1 aliphatic heterocycles. The average molecular weight is 340 g/mol. The van der Waals surface area contributed by atoms with E-state index >= 15 is 0 Å². The summed E-state index contributed by atoms with van der Waals surface area (Å²) in [5.41, 5.74) is 0.692. The zero-order valence-corrected chi connectivity index (χ0v) is 12.5. The first kappa shape index (κ1) is 13.4. The highest BCUT2D eigenvalue weighted by molar-refractivity contribution is 9.10. The summed E-state index contributed by atoms with van der Waals surface area (Å²) in [5.74, 6) is -0.232. The Morgan fingerprint density at radius 1 is 1.35 bits per heavy atom. The molecule has 3 heterocycles. The molecule has 0 aromatic carbocycles. The summed E-state index contributed by atoms with van der Waals surface area (Å²) in [4.78, 5) is 12.4. The van der Waals surface area contributed by atoms with E-state index in [1.165, 1.54) is 4.68 Å². The molecule has 20 heavy (non-hydrogen) atoms. The van der Waals surface area contributed by atoms with Gasteiger partial charge in [-0.05, 0) is 41.9 Å². The normalized spacial score (nSPS) is 16.5. The van der Waals surface area contributed by atoms with Crippen molar-refractivity contribution >= 4 is 21.7 Å². The minimum absolute atomic E-state index is 0.232. The van der Waals surface area contributed by atoms with Crippen molar-refractivity contribution in [3.05, 3.63) is 22.2 Å². The second-order valence-electron chi connectivity index (χ2n) is 4.75. The van der Waals surface area contributed by atoms with Crippen molar-refractivity contribution in [2.24, 2.45) is 7.05 Å². The van der Waals surface area contributed by atoms with Gasteiger partial charge in [0.15, 0.2) is 10.3 Å². The number of piperidine rings is 1. The number of hydrogen-bond donors (Lipinski definition) is 1. The van der Waals surface area contributed by atoms with Gasteiger partial charge in [-0.25, -0.2) is 9.36 Å². The highest BCUT2D eigenvalue weighted by atomic mass is 79.9. The van der Waals surface area contributed by atoms with E-state index < -0.39 is 0 Å². The predicted molar refractivity (Wildman–Crippen MR) is 73.3 cm³/mol. The fourth-order valence-corrected chi connectivity index (χ4v) is 2.83. The molecule has 0 saturated carbocycles. The lowest BCUT2D eigenvalue weighted by atomic mass is 10.1. The van der Waals surface area contributed by atoms with Crippen LogP contribution in [0.4, 0.5) is 0 Å². The maximum Gasteiger partial charge on any atom is 0.235 e. The zero-order valence-electron chi connectivity index (χ0n) is 11.0. The maximum absolute atomic E-state index is 12.4. The first-order valence-corrected chi connectivity index (χ1v) is 7.18. The van der Waals surface area contributed by atoms with Crippen molar-refractivity contribution < 1.29 is 4.79 Å². The smallest absolute Gasteiger partial charge is 0.235 e. The summed E-state index contributed by atoms with van der Waals surface area (Å²) in [7, 11) is 1.67. The molecule has 0 spiro atoms. The molecule has 0 amide bonds. The van der Waals surface area contributed by atoms with Crippen LogP contribution in [0.1, 0.15) is 35.1 Å². The van der Waals surface area contributed by atoms with Gasteiger partial charge in [-0.3, -0.25) is 4.79 Å². The lowest BCUT2D eigenvalue weighted by molar-refractivity contribution is 0.102. The molecular formula is C11H14BrN7O. The van der Waals surface area contributed by atoms with E-state index in [0.29, 0.717) is 22.0 Å². The summed E-state index contributed by atoms with van der Waals surface area (Å²) in [6, 6.07) is 0.304. The zero-order chi connectivity index (χ0) is 14.1. The Labute approximate surface area is 123 Å². The van der Waals surface area contributed by atoms with Gasteiger partial charge in [0, 0.05) is 7.05 Å². The molecule has 1 fully saturated rings. The van der Waals surface area contributed by atoms with Crippen LogP contribution in [0, 0.1) is 0 Å². The molecule has 1 N–H and O–H groups in total. The van der Waals surface area contributed by atoms with E-state index in [1.807, 2.05) is 0 Å². The van der Waals surface area contributed by atoms with Crippen LogP contribution >= 0.6 is 15.9 Å². The van der Waals surface area contributed by atoms with E-state index in [-0.39, 0.29) is 5.78 Å². The van der Waals surface area contributed by atoms with E-state index in [4.69, 9.17) is 0 Å². The fourth-order valence-electron chi connectivity index (χ4n) is 2.32. The molecule has 0 aliphatic carbocycles. The van der Waals surface area contributed by atoms with E-state index in [2.05, 4.69) is 41.9 Å². The van der Waals surface area contributed by atoms with Gasteiger partial charge in [-0.1, -0.05) is 10.4 Å². The molecule has 9 heteroatoms. The molecule has 2 aromatic rings. The van der Waals surface area contributed by atoms with Gasteiger partial charge in [0.1, 0.15) is 5.69 Å². The van der Waals surface area contributed by atoms with Crippen LogP contribution in [0.5, 0.6) is 0 Å². The maximum atomic E-state index is 12.4. The van der Waals surface area contributed by atoms with Crippen LogP contribution in [0.25, 0.3) is 0 Å². The third-order valence-electron chi connectivity index (χ3n) is 3.43. The van der Waals surface area contributed by atoms with Crippen molar-refractivity contribution in [3.63, 3.8) is 0 Å². The lowest BCUT2D eigenvalue weighted by Gasteiger charge is -2.22. The second kappa shape index (κ2) is 5.41. The van der Waals surface area contributed by atoms with E-state index in [0.717, 1.165) is 25.9 Å². The molecule has 1 saturated heterocycles. The van der Waals surface area contributed by atoms with Gasteiger partial charge < -0.3 is 5.32 Å². The third kappa shape index (κ3) is 2.38. The quantitative estimate of drug-likeness (QED) is 0.810. The van der Waals surface area contributed by atoms with Gasteiger partial charge in [-0.15, -0.1) is 10.2 Å². The summed E-state index contributed by atoms with van der Waals surface area (Å²) < 4.78 is 3.63. The fraction of sp³-hybridized carbons (Fsp3) is 0.545. The highest BCUT2D eigenvalue weighted by Gasteiger charge is 2.23. The number of hydrogen-bond acceptors (Lipinski definition) is 6. The summed E-state index contributed by atoms with van der Waals surface area (Å²) in [6.45, 7) is 1.93. The summed E-state index contributed by atoms with van der Waals surface area (Å²) in [5, 5.41) is 19.0. The first-order chi connectivity index (χ1) is 9.66. The van der Waals surface area contributed by atoms with Gasteiger partial charge in [0.05, 0.1) is 12.2 Å². The molecule has 0 atom stereocenters. The minimum Gasteiger partial charge on any atom is -0.317 e. The number of aromatic nitrogens is 6. The molecule has 106 valence electrons. The molecule has 0 radical (unpaired) electrons. The standard InChI is InChI=1S/C11H14BrN7O/c1-18-9(11(12)15-16-18)10(20)8-6-19(17-14-8)7-2-4-13-5-3-7/h6-7,13H,2-5H2,1H3. The second-order valence-corrected chi connectivity index (χ2v) is 5.50. The number of ketones is 1. The van der Waals surface area contributed by atoms with Crippen LogP contribution < -0.4 is 5.32 Å². The minimum atomic E-state index is -0.232. The van der Waals surface area contributed by atoms with Crippen molar-refractivity contribution in [2.75, 3.05) is 13.1 Å². The molecule has 8 nitrogen and oxygen atoms in total. The van der Waals surface area contributed by atoms with Crippen LogP contribution in [0.2, 0.25) is 0 Å². The number of nitrogens with zero attached hydrogens (tertiary/aromatic N) is 6. The SMILES string of the molecule is Cn1nnc(Br)c1C(=O)c1cn(C2CCNCC2)nn1. The van der Waals surface area contributed by atoms with Crippen LogP contribution in [-0.2, 0) is 7.05 Å². The molecule has 0 bridgehead atoms. The Balaban J connectivity index is 1.84. The summed E-state index contributed by atoms with van der Waals surface area (Å²) >= 11 is 3.22. The van der Waals surface area contributed by atoms with Gasteiger partial charge in [-0.2, -0.15) is 0 Å². The third-order valence-corrected chi connectivity index (χ3v) is 3.96. The monoisotopic (exact) mass is 339 g/mol. The molecular weight excluding hydrogens is 326 g/mol. The summed E-state index contributed by atoms with van der Waals surface area (Å²) in [6.07, 6.45) is 3.69. The Morgan fingerprint density at radius 2 is 2.10 bits per heavy atom. The van der Waals surface area contributed by atoms with Crippen molar-refractivity contribution in [1.29, 1.82) is 0 Å². The van der Waals surface area contributed by atoms with Gasteiger partial charge in [0.2, 0.25) is 5.78 Å². The van der Waals surface area contributed by atoms with Crippen LogP contribution in [0.3, 0.4) is 0 Å². The number of rotatable bonds is 3. The number of carbonyl (C=O) groups excluding carboxylic acids is 1. The number of halogens is 1. The van der Waals surface area contributed by atoms with Gasteiger partial charge >= 0.3 is 0 Å². The average Bonchev–Trinajstić information content (AvgIpc) is 3.07. The van der Waals surface area contributed by atoms with Crippen LogP contribution in [0.15, 0.2) is 10.8 Å². The molecule has 1 aliphatic rings. The Bertz CT molecular complexity index is 609. The van der Waals surface area contributed by atoms with E-state index in [9.17, 15) is 4.79 Å². The van der Waals surface area contributed by atoms with Crippen molar-refractivity contribution in [3.8, 4) is 0 Å².